The highest BCUT2D eigenvalue weighted by Crippen LogP contribution is 2.21. The predicted octanol–water partition coefficient (Wildman–Crippen LogP) is 3.06. The number of benzene rings is 1. The third-order valence-corrected chi connectivity index (χ3v) is 5.13. The van der Waals surface area contributed by atoms with Crippen molar-refractivity contribution in [3.05, 3.63) is 89.0 Å². The number of carbonyl (C=O) groups excluding carboxylic acids is 1. The molecule has 154 valence electrons. The van der Waals surface area contributed by atoms with Crippen LogP contribution >= 0.6 is 0 Å². The van der Waals surface area contributed by atoms with Crippen molar-refractivity contribution in [2.75, 3.05) is 13.2 Å². The molecule has 3 heterocycles. The Morgan fingerprint density at radius 1 is 1.07 bits per heavy atom. The summed E-state index contributed by atoms with van der Waals surface area (Å²) in [6.07, 6.45) is 8.35. The molecule has 1 aliphatic rings. The van der Waals surface area contributed by atoms with Gasteiger partial charge in [-0.15, -0.1) is 0 Å². The Labute approximate surface area is 176 Å². The van der Waals surface area contributed by atoms with E-state index in [0.717, 1.165) is 54.9 Å². The van der Waals surface area contributed by atoms with E-state index in [4.69, 9.17) is 4.74 Å². The Balaban J connectivity index is 1.15. The van der Waals surface area contributed by atoms with Gasteiger partial charge in [0, 0.05) is 42.9 Å². The largest absolute Gasteiger partial charge is 0.494 e. The molecular formula is C24H26N4O2. The number of amides is 1. The van der Waals surface area contributed by atoms with Gasteiger partial charge >= 0.3 is 0 Å². The predicted molar refractivity (Wildman–Crippen MR) is 115 cm³/mol. The summed E-state index contributed by atoms with van der Waals surface area (Å²) in [5.74, 6) is 0.815. The standard InChI is InChI=1S/C24H26N4O2/c29-24-23-7-6-22(14-20(23)17-28-24)30-12-2-10-26-16-19-8-11-27-21(13-19)5-4-18-3-1-9-25-15-18/h1,3,6-9,11,13-15,26H,2,4-5,10,12,16-17H2,(H,28,29). The number of ether oxygens (including phenoxy) is 1. The molecule has 3 aromatic rings. The van der Waals surface area contributed by atoms with Crippen molar-refractivity contribution in [3.8, 4) is 5.75 Å². The van der Waals surface area contributed by atoms with E-state index in [2.05, 4.69) is 38.8 Å². The molecular weight excluding hydrogens is 376 g/mol. The van der Waals surface area contributed by atoms with Gasteiger partial charge in [0.05, 0.1) is 6.61 Å². The fraction of sp³-hybridized carbons (Fsp3) is 0.292. The minimum Gasteiger partial charge on any atom is -0.494 e. The molecule has 0 saturated carbocycles. The Morgan fingerprint density at radius 2 is 2.03 bits per heavy atom. The summed E-state index contributed by atoms with van der Waals surface area (Å²) >= 11 is 0. The lowest BCUT2D eigenvalue weighted by atomic mass is 10.1. The first-order valence-corrected chi connectivity index (χ1v) is 10.4. The van der Waals surface area contributed by atoms with Gasteiger partial charge in [0.2, 0.25) is 0 Å². The third kappa shape index (κ3) is 5.42. The number of nitrogens with zero attached hydrogens (tertiary/aromatic N) is 2. The van der Waals surface area contributed by atoms with Crippen molar-refractivity contribution in [2.45, 2.75) is 32.4 Å². The molecule has 6 heteroatoms. The maximum absolute atomic E-state index is 11.6. The van der Waals surface area contributed by atoms with Crippen LogP contribution in [0.5, 0.6) is 5.75 Å². The number of aromatic nitrogens is 2. The maximum atomic E-state index is 11.6. The van der Waals surface area contributed by atoms with E-state index in [1.54, 1.807) is 6.20 Å². The van der Waals surface area contributed by atoms with E-state index in [0.29, 0.717) is 13.2 Å². The van der Waals surface area contributed by atoms with Crippen LogP contribution in [0.25, 0.3) is 0 Å². The molecule has 2 N–H and O–H groups in total. The average Bonchev–Trinajstić information content (AvgIpc) is 3.16. The van der Waals surface area contributed by atoms with Crippen LogP contribution < -0.4 is 15.4 Å². The fourth-order valence-electron chi connectivity index (χ4n) is 3.51. The number of hydrogen-bond acceptors (Lipinski definition) is 5. The first kappa shape index (κ1) is 20.0. The summed E-state index contributed by atoms with van der Waals surface area (Å²) in [5.41, 5.74) is 5.33. The smallest absolute Gasteiger partial charge is 0.251 e. The summed E-state index contributed by atoms with van der Waals surface area (Å²) in [7, 11) is 0. The molecule has 0 atom stereocenters. The fourth-order valence-corrected chi connectivity index (χ4v) is 3.51. The molecule has 1 amide bonds. The first-order valence-electron chi connectivity index (χ1n) is 10.4. The number of fused-ring (bicyclic) bond motifs is 1. The number of rotatable bonds is 10. The van der Waals surface area contributed by atoms with Crippen molar-refractivity contribution in [3.63, 3.8) is 0 Å². The first-order chi connectivity index (χ1) is 14.8. The monoisotopic (exact) mass is 402 g/mol. The van der Waals surface area contributed by atoms with Crippen LogP contribution in [0.3, 0.4) is 0 Å². The minimum atomic E-state index is -0.00269. The summed E-state index contributed by atoms with van der Waals surface area (Å²) in [6.45, 7) is 2.91. The van der Waals surface area contributed by atoms with Crippen molar-refractivity contribution in [2.24, 2.45) is 0 Å². The van der Waals surface area contributed by atoms with E-state index in [9.17, 15) is 4.79 Å². The molecule has 1 aliphatic heterocycles. The van der Waals surface area contributed by atoms with Gasteiger partial charge < -0.3 is 15.4 Å². The second-order valence-electron chi connectivity index (χ2n) is 7.40. The van der Waals surface area contributed by atoms with E-state index in [-0.39, 0.29) is 5.91 Å². The Bertz CT molecular complexity index is 992. The molecule has 0 bridgehead atoms. The summed E-state index contributed by atoms with van der Waals surface area (Å²) in [6, 6.07) is 13.9. The molecule has 0 fully saturated rings. The molecule has 0 aliphatic carbocycles. The van der Waals surface area contributed by atoms with Crippen LogP contribution in [0, 0.1) is 0 Å². The zero-order valence-corrected chi connectivity index (χ0v) is 16.9. The molecule has 2 aromatic heterocycles. The van der Waals surface area contributed by atoms with Gasteiger partial charge in [-0.05, 0) is 78.9 Å². The lowest BCUT2D eigenvalue weighted by Gasteiger charge is -2.09. The normalized spacial score (nSPS) is 12.5. The highest BCUT2D eigenvalue weighted by atomic mass is 16.5. The topological polar surface area (TPSA) is 76.1 Å². The maximum Gasteiger partial charge on any atom is 0.251 e. The van der Waals surface area contributed by atoms with Gasteiger partial charge in [-0.25, -0.2) is 0 Å². The second-order valence-corrected chi connectivity index (χ2v) is 7.40. The van der Waals surface area contributed by atoms with E-state index in [1.807, 2.05) is 36.7 Å². The molecule has 1 aromatic carbocycles. The summed E-state index contributed by atoms with van der Waals surface area (Å²) < 4.78 is 5.82. The van der Waals surface area contributed by atoms with Crippen molar-refractivity contribution in [1.29, 1.82) is 0 Å². The van der Waals surface area contributed by atoms with Crippen LogP contribution in [0.15, 0.2) is 61.1 Å². The van der Waals surface area contributed by atoms with Crippen molar-refractivity contribution in [1.82, 2.24) is 20.6 Å². The summed E-state index contributed by atoms with van der Waals surface area (Å²) in [4.78, 5) is 20.2. The Kier molecular flexibility index (Phi) is 6.67. The number of aryl methyl sites for hydroxylation is 2. The van der Waals surface area contributed by atoms with Gasteiger partial charge in [0.15, 0.2) is 0 Å². The Morgan fingerprint density at radius 3 is 2.93 bits per heavy atom. The van der Waals surface area contributed by atoms with E-state index >= 15 is 0 Å². The van der Waals surface area contributed by atoms with Crippen molar-refractivity contribution >= 4 is 5.91 Å². The molecule has 30 heavy (non-hydrogen) atoms. The molecule has 0 spiro atoms. The molecule has 4 rings (SSSR count). The van der Waals surface area contributed by atoms with Crippen LogP contribution in [-0.2, 0) is 25.9 Å². The van der Waals surface area contributed by atoms with Gasteiger partial charge in [0.1, 0.15) is 5.75 Å². The minimum absolute atomic E-state index is 0.00269. The third-order valence-electron chi connectivity index (χ3n) is 5.13. The quantitative estimate of drug-likeness (QED) is 0.510. The van der Waals surface area contributed by atoms with Crippen LogP contribution in [0.4, 0.5) is 0 Å². The van der Waals surface area contributed by atoms with Gasteiger partial charge in [-0.1, -0.05) is 6.07 Å². The highest BCUT2D eigenvalue weighted by Gasteiger charge is 2.18. The summed E-state index contributed by atoms with van der Waals surface area (Å²) in [5, 5.41) is 6.28. The number of pyridine rings is 2. The second kappa shape index (κ2) is 9.98. The van der Waals surface area contributed by atoms with Gasteiger partial charge in [-0.2, -0.15) is 0 Å². The van der Waals surface area contributed by atoms with Gasteiger partial charge in [-0.3, -0.25) is 14.8 Å². The van der Waals surface area contributed by atoms with Crippen molar-refractivity contribution < 1.29 is 9.53 Å². The van der Waals surface area contributed by atoms with E-state index in [1.165, 1.54) is 11.1 Å². The zero-order chi connectivity index (χ0) is 20.6. The number of hydrogen-bond donors (Lipinski definition) is 2. The molecule has 0 radical (unpaired) electrons. The molecule has 0 unspecified atom stereocenters. The lowest BCUT2D eigenvalue weighted by Crippen LogP contribution is -2.17. The molecule has 6 nitrogen and oxygen atoms in total. The van der Waals surface area contributed by atoms with E-state index < -0.39 is 0 Å². The Hall–Kier alpha value is -3.25. The SMILES string of the molecule is O=C1NCc2cc(OCCCNCc3ccnc(CCc4cccnc4)c3)ccc21. The zero-order valence-electron chi connectivity index (χ0n) is 16.9. The van der Waals surface area contributed by atoms with Crippen LogP contribution in [0.2, 0.25) is 0 Å². The highest BCUT2D eigenvalue weighted by molar-refractivity contribution is 5.98. The lowest BCUT2D eigenvalue weighted by molar-refractivity contribution is 0.0966. The van der Waals surface area contributed by atoms with Crippen LogP contribution in [0.1, 0.15) is 39.2 Å². The number of carbonyl (C=O) groups is 1. The van der Waals surface area contributed by atoms with Gasteiger partial charge in [0.25, 0.3) is 5.91 Å². The average molecular weight is 402 g/mol. The van der Waals surface area contributed by atoms with Crippen LogP contribution in [-0.4, -0.2) is 29.0 Å². The molecule has 0 saturated heterocycles. The number of nitrogens with one attached hydrogen (secondary N) is 2.